The van der Waals surface area contributed by atoms with Gasteiger partial charge in [-0.1, -0.05) is 26.0 Å². The lowest BCUT2D eigenvalue weighted by Gasteiger charge is -2.38. The summed E-state index contributed by atoms with van der Waals surface area (Å²) < 4.78 is 11.0. The molecule has 2 aliphatic rings. The Hall–Kier alpha value is -2.96. The number of para-hydroxylation sites is 1. The molecule has 0 amide bonds. The van der Waals surface area contributed by atoms with E-state index in [-0.39, 0.29) is 16.8 Å². The number of H-pyrrole nitrogens is 2. The molecule has 27 heavy (non-hydrogen) atoms. The first-order chi connectivity index (χ1) is 12.9. The third-order valence-electron chi connectivity index (χ3n) is 5.33. The van der Waals surface area contributed by atoms with Crippen molar-refractivity contribution < 1.29 is 14.3 Å². The van der Waals surface area contributed by atoms with Gasteiger partial charge in [0.05, 0.1) is 25.7 Å². The summed E-state index contributed by atoms with van der Waals surface area (Å²) in [7, 11) is 3.13. The fraction of sp³-hybridized carbons (Fsp3) is 0.400. The molecule has 7 nitrogen and oxygen atoms in total. The Morgan fingerprint density at radius 2 is 1.85 bits per heavy atom. The Morgan fingerprint density at radius 3 is 2.56 bits per heavy atom. The number of hydrogen-bond acceptors (Lipinski definition) is 5. The van der Waals surface area contributed by atoms with Crippen LogP contribution in [0.15, 0.2) is 34.3 Å². The molecule has 0 unspecified atom stereocenters. The van der Waals surface area contributed by atoms with E-state index in [0.717, 1.165) is 17.7 Å². The van der Waals surface area contributed by atoms with Crippen LogP contribution in [0.3, 0.4) is 0 Å². The Balaban J connectivity index is 2.00. The number of methoxy groups -OCH3 is 2. The van der Waals surface area contributed by atoms with E-state index in [1.165, 1.54) is 0 Å². The molecule has 4 rings (SSSR count). The van der Waals surface area contributed by atoms with E-state index >= 15 is 0 Å². The quantitative estimate of drug-likeness (QED) is 0.773. The van der Waals surface area contributed by atoms with Crippen molar-refractivity contribution in [1.29, 1.82) is 0 Å². The maximum atomic E-state index is 13.1. The largest absolute Gasteiger partial charge is 0.493 e. The van der Waals surface area contributed by atoms with Crippen LogP contribution < -0.4 is 20.3 Å². The van der Waals surface area contributed by atoms with Crippen molar-refractivity contribution in [3.05, 3.63) is 50.9 Å². The van der Waals surface area contributed by atoms with Gasteiger partial charge in [0.25, 0.3) is 5.56 Å². The van der Waals surface area contributed by atoms with Crippen LogP contribution in [0, 0.1) is 5.41 Å². The molecule has 0 radical (unpaired) electrons. The molecule has 3 N–H and O–H groups in total. The molecule has 1 aliphatic carbocycles. The van der Waals surface area contributed by atoms with Crippen LogP contribution in [0.25, 0.3) is 0 Å². The Labute approximate surface area is 156 Å². The number of benzene rings is 1. The monoisotopic (exact) mass is 369 g/mol. The number of fused-ring (bicyclic) bond motifs is 1. The second-order valence-corrected chi connectivity index (χ2v) is 7.84. The third-order valence-corrected chi connectivity index (χ3v) is 5.33. The summed E-state index contributed by atoms with van der Waals surface area (Å²) in [5.41, 5.74) is 2.34. The molecule has 1 aliphatic heterocycles. The minimum absolute atomic E-state index is 0.0508. The normalized spacial score (nSPS) is 20.6. The topological polar surface area (TPSA) is 96.2 Å². The average Bonchev–Trinajstić information content (AvgIpc) is 2.98. The average molecular weight is 369 g/mol. The zero-order valence-electron chi connectivity index (χ0n) is 15.9. The molecule has 2 heterocycles. The number of ketones is 1. The minimum Gasteiger partial charge on any atom is -0.493 e. The van der Waals surface area contributed by atoms with E-state index in [0.29, 0.717) is 34.9 Å². The van der Waals surface area contributed by atoms with E-state index in [9.17, 15) is 9.59 Å². The van der Waals surface area contributed by atoms with Gasteiger partial charge in [0, 0.05) is 23.3 Å². The molecule has 0 bridgehead atoms. The van der Waals surface area contributed by atoms with Crippen molar-refractivity contribution in [3.8, 4) is 11.5 Å². The number of aromatic nitrogens is 2. The number of rotatable bonds is 3. The SMILES string of the molecule is COc1cccc([C@H]2C3=C(CC(C)(C)CC3=O)Nc3[nH][nH]c(=O)c32)c1OC. The van der Waals surface area contributed by atoms with Crippen molar-refractivity contribution in [2.45, 2.75) is 32.6 Å². The molecule has 2 aromatic rings. The number of nitrogens with one attached hydrogen (secondary N) is 3. The highest BCUT2D eigenvalue weighted by Gasteiger charge is 2.43. The number of Topliss-reactive ketones (excluding diaryl/α,β-unsaturated/α-hetero) is 1. The lowest BCUT2D eigenvalue weighted by atomic mass is 9.69. The Kier molecular flexibility index (Phi) is 3.91. The second-order valence-electron chi connectivity index (χ2n) is 7.84. The van der Waals surface area contributed by atoms with E-state index in [2.05, 4.69) is 29.4 Å². The molecule has 0 fully saturated rings. The Bertz CT molecular complexity index is 1010. The standard InChI is InChI=1S/C20H23N3O4/c1-20(2)8-11-15(12(24)9-20)14(16-18(21-11)22-23-19(16)25)10-6-5-7-13(26-3)17(10)27-4/h5-7,14H,8-9H2,1-4H3,(H3,21,22,23,25)/t14-/m0/s1. The van der Waals surface area contributed by atoms with Crippen molar-refractivity contribution >= 4 is 11.6 Å². The predicted octanol–water partition coefficient (Wildman–Crippen LogP) is 2.92. The van der Waals surface area contributed by atoms with Crippen LogP contribution in [0.1, 0.15) is 43.7 Å². The van der Waals surface area contributed by atoms with Crippen LogP contribution in [-0.4, -0.2) is 30.2 Å². The summed E-state index contributed by atoms with van der Waals surface area (Å²) in [5, 5.41) is 8.81. The third kappa shape index (κ3) is 2.65. The van der Waals surface area contributed by atoms with Crippen molar-refractivity contribution in [1.82, 2.24) is 10.2 Å². The summed E-state index contributed by atoms with van der Waals surface area (Å²) >= 11 is 0. The summed E-state index contributed by atoms with van der Waals surface area (Å²) in [4.78, 5) is 25.7. The van der Waals surface area contributed by atoms with Crippen molar-refractivity contribution in [2.75, 3.05) is 19.5 Å². The number of anilines is 1. The fourth-order valence-electron chi connectivity index (χ4n) is 4.27. The second kappa shape index (κ2) is 6.04. The zero-order chi connectivity index (χ0) is 19.3. The molecule has 0 saturated heterocycles. The molecule has 1 aromatic heterocycles. The van der Waals surface area contributed by atoms with Gasteiger partial charge in [-0.15, -0.1) is 0 Å². The summed E-state index contributed by atoms with van der Waals surface area (Å²) in [6.07, 6.45) is 1.16. The number of aromatic amines is 2. The number of carbonyl (C=O) groups excluding carboxylic acids is 1. The van der Waals surface area contributed by atoms with Crippen LogP contribution >= 0.6 is 0 Å². The summed E-state index contributed by atoms with van der Waals surface area (Å²) in [6.45, 7) is 4.15. The van der Waals surface area contributed by atoms with Gasteiger partial charge >= 0.3 is 0 Å². The van der Waals surface area contributed by atoms with Crippen molar-refractivity contribution in [3.63, 3.8) is 0 Å². The predicted molar refractivity (Wildman–Crippen MR) is 101 cm³/mol. The van der Waals surface area contributed by atoms with Gasteiger partial charge in [-0.25, -0.2) is 0 Å². The molecule has 0 saturated carbocycles. The van der Waals surface area contributed by atoms with Gasteiger partial charge in [0.1, 0.15) is 5.82 Å². The number of allylic oxidation sites excluding steroid dienone is 2. The summed E-state index contributed by atoms with van der Waals surface area (Å²) in [6, 6.07) is 5.52. The highest BCUT2D eigenvalue weighted by molar-refractivity contribution is 6.01. The molecular weight excluding hydrogens is 346 g/mol. The highest BCUT2D eigenvalue weighted by Crippen LogP contribution is 2.50. The first-order valence-electron chi connectivity index (χ1n) is 8.91. The molecule has 7 heteroatoms. The van der Waals surface area contributed by atoms with Gasteiger partial charge in [-0.05, 0) is 17.9 Å². The fourth-order valence-corrected chi connectivity index (χ4v) is 4.27. The minimum atomic E-state index is -0.514. The number of hydrogen-bond donors (Lipinski definition) is 3. The first-order valence-corrected chi connectivity index (χ1v) is 8.91. The Morgan fingerprint density at radius 1 is 1.07 bits per heavy atom. The van der Waals surface area contributed by atoms with Crippen LogP contribution in [0.4, 0.5) is 5.82 Å². The van der Waals surface area contributed by atoms with E-state index in [1.54, 1.807) is 20.3 Å². The number of carbonyl (C=O) groups is 1. The molecule has 0 spiro atoms. The van der Waals surface area contributed by atoms with E-state index in [1.807, 2.05) is 12.1 Å². The van der Waals surface area contributed by atoms with E-state index in [4.69, 9.17) is 9.47 Å². The smallest absolute Gasteiger partial charge is 0.270 e. The van der Waals surface area contributed by atoms with Gasteiger partial charge in [0.2, 0.25) is 0 Å². The highest BCUT2D eigenvalue weighted by atomic mass is 16.5. The van der Waals surface area contributed by atoms with Crippen LogP contribution in [0.5, 0.6) is 11.5 Å². The first kappa shape index (κ1) is 17.5. The molecule has 142 valence electrons. The maximum Gasteiger partial charge on any atom is 0.270 e. The molecule has 1 aromatic carbocycles. The van der Waals surface area contributed by atoms with Crippen LogP contribution in [-0.2, 0) is 4.79 Å². The van der Waals surface area contributed by atoms with Gasteiger partial charge in [-0.3, -0.25) is 19.8 Å². The maximum absolute atomic E-state index is 13.1. The van der Waals surface area contributed by atoms with Gasteiger partial charge in [-0.2, -0.15) is 0 Å². The lowest BCUT2D eigenvalue weighted by molar-refractivity contribution is -0.118. The van der Waals surface area contributed by atoms with Crippen molar-refractivity contribution in [2.24, 2.45) is 5.41 Å². The zero-order valence-corrected chi connectivity index (χ0v) is 15.9. The lowest BCUT2D eigenvalue weighted by Crippen LogP contribution is -2.35. The molecule has 1 atom stereocenters. The van der Waals surface area contributed by atoms with Crippen LogP contribution in [0.2, 0.25) is 0 Å². The van der Waals surface area contributed by atoms with E-state index < -0.39 is 5.92 Å². The van der Waals surface area contributed by atoms with Gasteiger partial charge in [0.15, 0.2) is 17.3 Å². The summed E-state index contributed by atoms with van der Waals surface area (Å²) in [5.74, 6) is 1.23. The number of ether oxygens (including phenoxy) is 2. The van der Waals surface area contributed by atoms with Gasteiger partial charge < -0.3 is 14.8 Å². The molecular formula is C20H23N3O4.